The summed E-state index contributed by atoms with van der Waals surface area (Å²) in [7, 11) is 0. The van der Waals surface area contributed by atoms with Crippen molar-refractivity contribution in [2.24, 2.45) is 28.6 Å². The minimum Gasteiger partial charge on any atom is -0.372 e. The predicted molar refractivity (Wildman–Crippen MR) is 129 cm³/mol. The summed E-state index contributed by atoms with van der Waals surface area (Å²) >= 11 is 0. The van der Waals surface area contributed by atoms with E-state index in [1.807, 2.05) is 5.06 Å². The van der Waals surface area contributed by atoms with Crippen molar-refractivity contribution in [3.05, 3.63) is 0 Å². The Kier molecular flexibility index (Phi) is 6.32. The van der Waals surface area contributed by atoms with Gasteiger partial charge in [0.15, 0.2) is 0 Å². The third kappa shape index (κ3) is 4.06. The normalized spacial score (nSPS) is 42.4. The summed E-state index contributed by atoms with van der Waals surface area (Å²) in [4.78, 5) is 19.7. The number of hydrogen-bond acceptors (Lipinski definition) is 3. The molecule has 4 fully saturated rings. The van der Waals surface area contributed by atoms with Gasteiger partial charge in [0.1, 0.15) is 0 Å². The van der Waals surface area contributed by atoms with Crippen molar-refractivity contribution in [2.75, 3.05) is 0 Å². The van der Waals surface area contributed by atoms with Crippen LogP contribution in [0.5, 0.6) is 0 Å². The zero-order valence-electron chi connectivity index (χ0n) is 22.1. The largest absolute Gasteiger partial charge is 0.372 e. The first-order valence-corrected chi connectivity index (χ1v) is 13.5. The Balaban J connectivity index is 1.73. The number of hydrogen-bond donors (Lipinski definition) is 0. The Morgan fingerprint density at radius 3 is 2.31 bits per heavy atom. The number of fused-ring (bicyclic) bond motifs is 5. The second-order valence-corrected chi connectivity index (χ2v) is 13.3. The maximum absolute atomic E-state index is 13.2. The van der Waals surface area contributed by atoms with Gasteiger partial charge in [-0.25, -0.2) is 5.06 Å². The van der Waals surface area contributed by atoms with Crippen LogP contribution in [0, 0.1) is 28.6 Å². The smallest absolute Gasteiger partial charge is 0.246 e. The first kappa shape index (κ1) is 24.5. The van der Waals surface area contributed by atoms with Crippen LogP contribution >= 0.6 is 0 Å². The fourth-order valence-electron chi connectivity index (χ4n) is 7.81. The molecular formula is C28H49NO3. The van der Waals surface area contributed by atoms with Gasteiger partial charge < -0.3 is 4.74 Å². The fraction of sp³-hybridized carbons (Fsp3) is 0.964. The average Bonchev–Trinajstić information content (AvgIpc) is 3.13. The van der Waals surface area contributed by atoms with E-state index in [1.54, 1.807) is 0 Å². The highest BCUT2D eigenvalue weighted by molar-refractivity contribution is 5.76. The highest BCUT2D eigenvalue weighted by Gasteiger charge is 2.63. The number of carbonyl (C=O) groups excluding carboxylic acids is 1. The number of nitrogens with zero attached hydrogens (tertiary/aromatic N) is 1. The number of piperidine rings is 1. The van der Waals surface area contributed by atoms with Crippen molar-refractivity contribution in [3.8, 4) is 0 Å². The molecule has 0 radical (unpaired) electrons. The molecule has 0 aromatic carbocycles. The highest BCUT2D eigenvalue weighted by atomic mass is 16.7. The zero-order chi connectivity index (χ0) is 23.5. The maximum atomic E-state index is 13.2. The molecule has 3 aliphatic carbocycles. The molecule has 1 aliphatic heterocycles. The van der Waals surface area contributed by atoms with Crippen molar-refractivity contribution in [3.63, 3.8) is 0 Å². The lowest BCUT2D eigenvalue weighted by atomic mass is 9.47. The summed E-state index contributed by atoms with van der Waals surface area (Å²) < 4.78 is 6.99. The minimum absolute atomic E-state index is 0.110. The second-order valence-electron chi connectivity index (χ2n) is 13.3. The maximum Gasteiger partial charge on any atom is 0.246 e. The monoisotopic (exact) mass is 447 g/mol. The van der Waals surface area contributed by atoms with Crippen LogP contribution < -0.4 is 0 Å². The van der Waals surface area contributed by atoms with Gasteiger partial charge in [-0.2, -0.15) is 0 Å². The standard InChI is InChI=1S/C28H49NO3/c1-9-25(3,4)31-21-18-22-28(8,17-14-23(30)29(22)32-26(5,6)10-2)20-13-16-27(7)15-11-12-19(27)24(20)21/h19-22,24H,9-18H2,1-8H3/t19-,20+,21?,22?,24-,27-,28+/m0/s1. The van der Waals surface area contributed by atoms with E-state index >= 15 is 0 Å². The third-order valence-electron chi connectivity index (χ3n) is 10.5. The van der Waals surface area contributed by atoms with Gasteiger partial charge >= 0.3 is 0 Å². The summed E-state index contributed by atoms with van der Waals surface area (Å²) in [6.45, 7) is 18.1. The van der Waals surface area contributed by atoms with Crippen LogP contribution in [0.1, 0.15) is 120 Å². The van der Waals surface area contributed by atoms with Crippen LogP contribution in [0.25, 0.3) is 0 Å². The molecule has 4 rings (SSSR count). The molecule has 4 heteroatoms. The molecule has 184 valence electrons. The lowest BCUT2D eigenvalue weighted by Crippen LogP contribution is -2.66. The Morgan fingerprint density at radius 2 is 1.66 bits per heavy atom. The zero-order valence-corrected chi connectivity index (χ0v) is 22.1. The lowest BCUT2D eigenvalue weighted by molar-refractivity contribution is -0.299. The Labute approximate surface area is 197 Å². The van der Waals surface area contributed by atoms with Gasteiger partial charge in [-0.1, -0.05) is 34.1 Å². The molecule has 3 saturated carbocycles. The summed E-state index contributed by atoms with van der Waals surface area (Å²) in [5.74, 6) is 2.15. The lowest BCUT2D eigenvalue weighted by Gasteiger charge is -2.63. The molecule has 4 aliphatic rings. The molecule has 2 unspecified atom stereocenters. The van der Waals surface area contributed by atoms with Gasteiger partial charge in [0.05, 0.1) is 23.3 Å². The van der Waals surface area contributed by atoms with Crippen LogP contribution in [0.4, 0.5) is 0 Å². The number of rotatable bonds is 6. The number of carbonyl (C=O) groups is 1. The molecule has 1 heterocycles. The Morgan fingerprint density at radius 1 is 0.969 bits per heavy atom. The highest BCUT2D eigenvalue weighted by Crippen LogP contribution is 2.65. The van der Waals surface area contributed by atoms with Crippen molar-refractivity contribution in [1.29, 1.82) is 0 Å². The van der Waals surface area contributed by atoms with E-state index < -0.39 is 0 Å². The molecule has 1 amide bonds. The second kappa shape index (κ2) is 8.26. The average molecular weight is 448 g/mol. The van der Waals surface area contributed by atoms with Crippen molar-refractivity contribution < 1.29 is 14.4 Å². The molecule has 0 aromatic heterocycles. The van der Waals surface area contributed by atoms with Crippen molar-refractivity contribution >= 4 is 5.91 Å². The molecule has 0 N–H and O–H groups in total. The number of ether oxygens (including phenoxy) is 1. The van der Waals surface area contributed by atoms with E-state index in [9.17, 15) is 4.79 Å². The van der Waals surface area contributed by atoms with Gasteiger partial charge in [0.2, 0.25) is 5.91 Å². The van der Waals surface area contributed by atoms with Gasteiger partial charge in [-0.05, 0) is 108 Å². The summed E-state index contributed by atoms with van der Waals surface area (Å²) in [5, 5.41) is 1.83. The first-order chi connectivity index (χ1) is 14.9. The predicted octanol–water partition coefficient (Wildman–Crippen LogP) is 6.91. The molecular weight excluding hydrogens is 398 g/mol. The van der Waals surface area contributed by atoms with E-state index in [2.05, 4.69) is 55.4 Å². The summed E-state index contributed by atoms with van der Waals surface area (Å²) in [6.07, 6.45) is 11.3. The molecule has 0 aromatic rings. The number of amides is 1. The third-order valence-corrected chi connectivity index (χ3v) is 10.5. The molecule has 0 bridgehead atoms. The van der Waals surface area contributed by atoms with E-state index in [0.29, 0.717) is 23.7 Å². The minimum atomic E-state index is -0.333. The van der Waals surface area contributed by atoms with Gasteiger partial charge in [0, 0.05) is 6.42 Å². The molecule has 7 atom stereocenters. The SMILES string of the molecule is CCC(C)(C)OC1CC2N(OC(C)(C)CC)C(=O)CC[C@]2(C)[C@@H]2CC[C@]3(C)CCC[C@H]3[C@H]12. The van der Waals surface area contributed by atoms with E-state index in [1.165, 1.54) is 32.1 Å². The van der Waals surface area contributed by atoms with E-state index in [0.717, 1.165) is 31.6 Å². The van der Waals surface area contributed by atoms with Gasteiger partial charge in [-0.15, -0.1) is 0 Å². The summed E-state index contributed by atoms with van der Waals surface area (Å²) in [5.41, 5.74) is 0.124. The van der Waals surface area contributed by atoms with E-state index in [-0.39, 0.29) is 34.7 Å². The Bertz CT molecular complexity index is 717. The Hall–Kier alpha value is -0.610. The van der Waals surface area contributed by atoms with Gasteiger partial charge in [0.25, 0.3) is 0 Å². The molecule has 4 nitrogen and oxygen atoms in total. The first-order valence-electron chi connectivity index (χ1n) is 13.5. The van der Waals surface area contributed by atoms with Crippen molar-refractivity contribution in [1.82, 2.24) is 5.06 Å². The fourth-order valence-corrected chi connectivity index (χ4v) is 7.81. The molecule has 32 heavy (non-hydrogen) atoms. The quantitative estimate of drug-likeness (QED) is 0.444. The number of hydroxylamine groups is 2. The van der Waals surface area contributed by atoms with Gasteiger partial charge in [-0.3, -0.25) is 9.63 Å². The topological polar surface area (TPSA) is 38.8 Å². The van der Waals surface area contributed by atoms with Crippen LogP contribution in [0.15, 0.2) is 0 Å². The van der Waals surface area contributed by atoms with Crippen LogP contribution in [0.3, 0.4) is 0 Å². The van der Waals surface area contributed by atoms with Crippen LogP contribution in [-0.2, 0) is 14.4 Å². The molecule has 0 spiro atoms. The summed E-state index contributed by atoms with van der Waals surface area (Å²) in [6, 6.07) is 0.110. The van der Waals surface area contributed by atoms with E-state index in [4.69, 9.17) is 9.57 Å². The molecule has 1 saturated heterocycles. The van der Waals surface area contributed by atoms with Crippen LogP contribution in [0.2, 0.25) is 0 Å². The van der Waals surface area contributed by atoms with Crippen molar-refractivity contribution in [2.45, 2.75) is 143 Å². The van der Waals surface area contributed by atoms with Crippen LogP contribution in [-0.4, -0.2) is 34.3 Å².